The molecule has 0 bridgehead atoms. The molecule has 9 nitrogen and oxygen atoms in total. The molecule has 154 valence electrons. The first-order chi connectivity index (χ1) is 14.0. The normalized spacial score (nSPS) is 16.1. The van der Waals surface area contributed by atoms with E-state index in [0.29, 0.717) is 11.4 Å². The second-order valence-electron chi connectivity index (χ2n) is 6.86. The van der Waals surface area contributed by atoms with Crippen LogP contribution in [-0.4, -0.2) is 54.3 Å². The Morgan fingerprint density at radius 2 is 2.03 bits per heavy atom. The zero-order valence-electron chi connectivity index (χ0n) is 16.3. The van der Waals surface area contributed by atoms with E-state index in [1.165, 1.54) is 7.11 Å². The molecule has 29 heavy (non-hydrogen) atoms. The summed E-state index contributed by atoms with van der Waals surface area (Å²) in [7, 11) is 1.26. The number of rotatable bonds is 7. The Kier molecular flexibility index (Phi) is 6.96. The fourth-order valence-electron chi connectivity index (χ4n) is 3.11. The fraction of sp³-hybridized carbons (Fsp3) is 0.400. The number of ether oxygens (including phenoxy) is 1. The quantitative estimate of drug-likeness (QED) is 0.596. The smallest absolute Gasteiger partial charge is 0.325 e. The maximum absolute atomic E-state index is 12.4. The number of hydrogen-bond acceptors (Lipinski definition) is 6. The zero-order chi connectivity index (χ0) is 20.6. The van der Waals surface area contributed by atoms with E-state index in [1.807, 2.05) is 10.9 Å². The number of carbonyl (C=O) groups excluding carboxylic acids is 3. The van der Waals surface area contributed by atoms with Gasteiger partial charge in [-0.3, -0.25) is 19.1 Å². The Labute approximate surface area is 168 Å². The van der Waals surface area contributed by atoms with Gasteiger partial charge in [0.25, 0.3) is 5.91 Å². The van der Waals surface area contributed by atoms with Gasteiger partial charge < -0.3 is 20.7 Å². The molecular weight excluding hydrogens is 374 g/mol. The van der Waals surface area contributed by atoms with Crippen molar-refractivity contribution in [3.05, 3.63) is 47.8 Å². The molecule has 0 spiro atoms. The topological polar surface area (TPSA) is 114 Å². The molecule has 0 radical (unpaired) electrons. The lowest BCUT2D eigenvalue weighted by molar-refractivity contribution is -0.141. The van der Waals surface area contributed by atoms with Crippen molar-refractivity contribution in [3.8, 4) is 0 Å². The van der Waals surface area contributed by atoms with Gasteiger partial charge in [-0.05, 0) is 43.1 Å². The Bertz CT molecular complexity index is 856. The molecule has 1 aromatic carbocycles. The first-order valence-electron chi connectivity index (χ1n) is 9.55. The van der Waals surface area contributed by atoms with Crippen LogP contribution in [0, 0.1) is 0 Å². The molecule has 1 aliphatic rings. The molecular formula is C20H25N5O4. The van der Waals surface area contributed by atoms with Crippen molar-refractivity contribution in [1.29, 1.82) is 0 Å². The van der Waals surface area contributed by atoms with Gasteiger partial charge in [-0.25, -0.2) is 0 Å². The average Bonchev–Trinajstić information content (AvgIpc) is 3.24. The maximum Gasteiger partial charge on any atom is 0.325 e. The molecule has 0 saturated carbocycles. The van der Waals surface area contributed by atoms with Crippen LogP contribution in [0.5, 0.6) is 0 Å². The molecule has 1 unspecified atom stereocenters. The number of aromatic nitrogens is 2. The van der Waals surface area contributed by atoms with Gasteiger partial charge in [0, 0.05) is 18.4 Å². The predicted molar refractivity (Wildman–Crippen MR) is 106 cm³/mol. The third kappa shape index (κ3) is 5.89. The van der Waals surface area contributed by atoms with Crippen molar-refractivity contribution in [3.63, 3.8) is 0 Å². The van der Waals surface area contributed by atoms with Crippen LogP contribution >= 0.6 is 0 Å². The van der Waals surface area contributed by atoms with Crippen LogP contribution in [-0.2, 0) is 20.7 Å². The van der Waals surface area contributed by atoms with Crippen LogP contribution in [0.2, 0.25) is 0 Å². The predicted octanol–water partition coefficient (Wildman–Crippen LogP) is 0.892. The van der Waals surface area contributed by atoms with Crippen molar-refractivity contribution in [1.82, 2.24) is 20.4 Å². The molecule has 1 atom stereocenters. The third-order valence-electron chi connectivity index (χ3n) is 4.72. The molecule has 2 amide bonds. The second-order valence-corrected chi connectivity index (χ2v) is 6.86. The number of benzene rings is 1. The number of piperidine rings is 1. The maximum atomic E-state index is 12.4. The van der Waals surface area contributed by atoms with Gasteiger partial charge in [0.05, 0.1) is 19.6 Å². The summed E-state index contributed by atoms with van der Waals surface area (Å²) in [6.07, 6.45) is 4.11. The Balaban J connectivity index is 1.51. The zero-order valence-corrected chi connectivity index (χ0v) is 16.3. The lowest BCUT2D eigenvalue weighted by Gasteiger charge is -2.22. The summed E-state index contributed by atoms with van der Waals surface area (Å²) in [6.45, 7) is 1.72. The average molecular weight is 399 g/mol. The second kappa shape index (κ2) is 9.83. The summed E-state index contributed by atoms with van der Waals surface area (Å²) in [5.41, 5.74) is 1.74. The molecule has 1 saturated heterocycles. The Morgan fingerprint density at radius 3 is 2.72 bits per heavy atom. The van der Waals surface area contributed by atoms with Crippen molar-refractivity contribution >= 4 is 23.5 Å². The van der Waals surface area contributed by atoms with E-state index in [2.05, 4.69) is 25.8 Å². The van der Waals surface area contributed by atoms with E-state index in [9.17, 15) is 14.4 Å². The van der Waals surface area contributed by atoms with Gasteiger partial charge in [-0.2, -0.15) is 5.10 Å². The minimum Gasteiger partial charge on any atom is -0.468 e. The largest absolute Gasteiger partial charge is 0.468 e. The highest BCUT2D eigenvalue weighted by atomic mass is 16.5. The van der Waals surface area contributed by atoms with E-state index in [0.717, 1.165) is 31.5 Å². The minimum absolute atomic E-state index is 0.130. The number of methoxy groups -OCH3 is 1. The van der Waals surface area contributed by atoms with E-state index < -0.39 is 5.97 Å². The van der Waals surface area contributed by atoms with Gasteiger partial charge in [-0.15, -0.1) is 0 Å². The Hall–Kier alpha value is -3.20. The highest BCUT2D eigenvalue weighted by Gasteiger charge is 2.17. The summed E-state index contributed by atoms with van der Waals surface area (Å²) >= 11 is 0. The van der Waals surface area contributed by atoms with Crippen molar-refractivity contribution < 1.29 is 19.1 Å². The lowest BCUT2D eigenvalue weighted by atomic mass is 10.1. The van der Waals surface area contributed by atoms with E-state index in [1.54, 1.807) is 30.3 Å². The fourth-order valence-corrected chi connectivity index (χ4v) is 3.11. The molecule has 1 aromatic heterocycles. The van der Waals surface area contributed by atoms with E-state index in [-0.39, 0.29) is 30.8 Å². The monoisotopic (exact) mass is 399 g/mol. The molecule has 9 heteroatoms. The van der Waals surface area contributed by atoms with Gasteiger partial charge in [0.15, 0.2) is 5.69 Å². The standard InChI is InChI=1S/C20H25N5O4/c1-29-19(27)13-22-18(26)11-14-4-6-15(7-5-14)23-20(28)17-8-10-25(24-17)16-3-2-9-21-12-16/h4-8,10,16,21H,2-3,9,11-13H2,1H3,(H,22,26)(H,23,28). The van der Waals surface area contributed by atoms with Crippen LogP contribution in [0.3, 0.4) is 0 Å². The number of carbonyl (C=O) groups is 3. The number of hydrogen-bond donors (Lipinski definition) is 3. The summed E-state index contributed by atoms with van der Waals surface area (Å²) in [6, 6.07) is 8.93. The van der Waals surface area contributed by atoms with Gasteiger partial charge in [0.1, 0.15) is 6.54 Å². The third-order valence-corrected chi connectivity index (χ3v) is 4.72. The van der Waals surface area contributed by atoms with Crippen LogP contribution in [0.1, 0.15) is 34.9 Å². The van der Waals surface area contributed by atoms with E-state index >= 15 is 0 Å². The van der Waals surface area contributed by atoms with Crippen molar-refractivity contribution in [2.45, 2.75) is 25.3 Å². The van der Waals surface area contributed by atoms with Crippen molar-refractivity contribution in [2.75, 3.05) is 32.1 Å². The molecule has 2 heterocycles. The highest BCUT2D eigenvalue weighted by molar-refractivity contribution is 6.02. The van der Waals surface area contributed by atoms with Gasteiger partial charge in [0.2, 0.25) is 5.91 Å². The SMILES string of the molecule is COC(=O)CNC(=O)Cc1ccc(NC(=O)c2ccn(C3CCCNC3)n2)cc1. The number of nitrogens with zero attached hydrogens (tertiary/aromatic N) is 2. The summed E-state index contributed by atoms with van der Waals surface area (Å²) in [5.74, 6) is -1.07. The molecule has 0 aliphatic carbocycles. The van der Waals surface area contributed by atoms with Crippen LogP contribution < -0.4 is 16.0 Å². The highest BCUT2D eigenvalue weighted by Crippen LogP contribution is 2.16. The van der Waals surface area contributed by atoms with Crippen LogP contribution in [0.4, 0.5) is 5.69 Å². The van der Waals surface area contributed by atoms with E-state index in [4.69, 9.17) is 0 Å². The van der Waals surface area contributed by atoms with Crippen LogP contribution in [0.25, 0.3) is 0 Å². The minimum atomic E-state index is -0.501. The summed E-state index contributed by atoms with van der Waals surface area (Å²) < 4.78 is 6.32. The molecule has 3 rings (SSSR count). The van der Waals surface area contributed by atoms with Gasteiger partial charge >= 0.3 is 5.97 Å². The number of esters is 1. The van der Waals surface area contributed by atoms with Crippen molar-refractivity contribution in [2.24, 2.45) is 0 Å². The molecule has 2 aromatic rings. The number of nitrogens with one attached hydrogen (secondary N) is 3. The summed E-state index contributed by atoms with van der Waals surface area (Å²) in [4.78, 5) is 35.3. The molecule has 3 N–H and O–H groups in total. The number of anilines is 1. The lowest BCUT2D eigenvalue weighted by Crippen LogP contribution is -2.32. The summed E-state index contributed by atoms with van der Waals surface area (Å²) in [5, 5.41) is 13.0. The Morgan fingerprint density at radius 1 is 1.24 bits per heavy atom. The first kappa shape index (κ1) is 20.5. The molecule has 1 aliphatic heterocycles. The molecule has 1 fully saturated rings. The van der Waals surface area contributed by atoms with Crippen LogP contribution in [0.15, 0.2) is 36.5 Å². The van der Waals surface area contributed by atoms with Gasteiger partial charge in [-0.1, -0.05) is 12.1 Å². The first-order valence-corrected chi connectivity index (χ1v) is 9.55. The number of amides is 2.